The molecule has 0 aromatic heterocycles. The first kappa shape index (κ1) is 8.98. The number of carbonyl (C=O) groups is 1. The highest BCUT2D eigenvalue weighted by Gasteiger charge is 2.34. The monoisotopic (exact) mass is 178 g/mol. The summed E-state index contributed by atoms with van der Waals surface area (Å²) >= 11 is 0. The number of hydrogen-bond donors (Lipinski definition) is 0. The topological polar surface area (TPSA) is 17.1 Å². The van der Waals surface area contributed by atoms with Crippen LogP contribution in [0.5, 0.6) is 0 Å². The highest BCUT2D eigenvalue weighted by Crippen LogP contribution is 2.45. The molecule has 0 unspecified atom stereocenters. The van der Waals surface area contributed by atoms with E-state index in [1.54, 1.807) is 6.08 Å². The van der Waals surface area contributed by atoms with Crippen LogP contribution in [0.2, 0.25) is 0 Å². The van der Waals surface area contributed by atoms with Crippen molar-refractivity contribution in [2.45, 2.75) is 51.4 Å². The number of ketones is 1. The summed E-state index contributed by atoms with van der Waals surface area (Å²) in [7, 11) is 0. The van der Waals surface area contributed by atoms with E-state index in [0.29, 0.717) is 11.2 Å². The van der Waals surface area contributed by atoms with Crippen LogP contribution in [-0.2, 0) is 4.79 Å². The van der Waals surface area contributed by atoms with E-state index in [1.165, 1.54) is 38.5 Å². The van der Waals surface area contributed by atoms with Crippen molar-refractivity contribution in [3.05, 3.63) is 12.2 Å². The molecule has 0 saturated heterocycles. The summed E-state index contributed by atoms with van der Waals surface area (Å²) in [5, 5.41) is 0. The average molecular weight is 178 g/mol. The van der Waals surface area contributed by atoms with Gasteiger partial charge in [-0.25, -0.2) is 0 Å². The van der Waals surface area contributed by atoms with Crippen molar-refractivity contribution in [2.24, 2.45) is 5.41 Å². The molecule has 0 amide bonds. The zero-order valence-corrected chi connectivity index (χ0v) is 8.22. The molecular weight excluding hydrogens is 160 g/mol. The molecule has 1 spiro atoms. The molecule has 2 aliphatic carbocycles. The van der Waals surface area contributed by atoms with Gasteiger partial charge in [0.05, 0.1) is 0 Å². The maximum absolute atomic E-state index is 11.5. The lowest BCUT2D eigenvalue weighted by atomic mass is 9.76. The van der Waals surface area contributed by atoms with Gasteiger partial charge in [-0.1, -0.05) is 18.9 Å². The zero-order chi connectivity index (χ0) is 9.15. The van der Waals surface area contributed by atoms with Crippen molar-refractivity contribution in [3.63, 3.8) is 0 Å². The summed E-state index contributed by atoms with van der Waals surface area (Å²) in [5.74, 6) is 0.363. The Hall–Kier alpha value is -0.590. The summed E-state index contributed by atoms with van der Waals surface area (Å²) in [4.78, 5) is 11.5. The molecule has 0 radical (unpaired) electrons. The van der Waals surface area contributed by atoms with Gasteiger partial charge in [0.2, 0.25) is 0 Å². The van der Waals surface area contributed by atoms with E-state index in [0.717, 1.165) is 12.8 Å². The molecular formula is C12H18O. The molecule has 1 fully saturated rings. The van der Waals surface area contributed by atoms with Crippen LogP contribution in [-0.4, -0.2) is 5.78 Å². The molecule has 0 aromatic rings. The first-order chi connectivity index (χ1) is 6.31. The fraction of sp³-hybridized carbons (Fsp3) is 0.750. The molecule has 0 aliphatic heterocycles. The molecule has 0 N–H and O–H groups in total. The minimum absolute atomic E-state index is 0.363. The van der Waals surface area contributed by atoms with Crippen LogP contribution in [0, 0.1) is 5.41 Å². The smallest absolute Gasteiger partial charge is 0.155 e. The largest absolute Gasteiger partial charge is 0.295 e. The summed E-state index contributed by atoms with van der Waals surface area (Å²) < 4.78 is 0. The van der Waals surface area contributed by atoms with Crippen molar-refractivity contribution in [3.8, 4) is 0 Å². The number of carbonyl (C=O) groups excluding carboxylic acids is 1. The minimum atomic E-state index is 0.363. The predicted molar refractivity (Wildman–Crippen MR) is 53.5 cm³/mol. The van der Waals surface area contributed by atoms with Gasteiger partial charge < -0.3 is 0 Å². The molecule has 0 bridgehead atoms. The van der Waals surface area contributed by atoms with E-state index in [2.05, 4.69) is 0 Å². The van der Waals surface area contributed by atoms with Gasteiger partial charge in [-0.15, -0.1) is 0 Å². The maximum atomic E-state index is 11.5. The van der Waals surface area contributed by atoms with Gasteiger partial charge in [-0.2, -0.15) is 0 Å². The zero-order valence-electron chi connectivity index (χ0n) is 8.22. The molecule has 1 heteroatoms. The first-order valence-electron chi connectivity index (χ1n) is 5.50. The molecule has 0 atom stereocenters. The Labute approximate surface area is 80.2 Å². The second-order valence-corrected chi connectivity index (χ2v) is 4.64. The lowest BCUT2D eigenvalue weighted by molar-refractivity contribution is -0.117. The van der Waals surface area contributed by atoms with Crippen LogP contribution < -0.4 is 0 Å². The molecule has 0 aromatic carbocycles. The molecule has 1 saturated carbocycles. The van der Waals surface area contributed by atoms with E-state index < -0.39 is 0 Å². The van der Waals surface area contributed by atoms with Gasteiger partial charge in [0.1, 0.15) is 0 Å². The Morgan fingerprint density at radius 3 is 2.54 bits per heavy atom. The lowest BCUT2D eigenvalue weighted by Gasteiger charge is -2.28. The van der Waals surface area contributed by atoms with Crippen LogP contribution >= 0.6 is 0 Å². The van der Waals surface area contributed by atoms with Crippen molar-refractivity contribution in [2.75, 3.05) is 0 Å². The third-order valence-electron chi connectivity index (χ3n) is 3.60. The van der Waals surface area contributed by atoms with Crippen LogP contribution in [0.4, 0.5) is 0 Å². The standard InChI is InChI=1S/C12H18O/c13-11-6-2-1-3-7-12(10-11)8-4-5-9-12/h2,6H,1,3-5,7-10H2/b6-2-. The van der Waals surface area contributed by atoms with Gasteiger partial charge in [0, 0.05) is 6.42 Å². The Balaban J connectivity index is 2.09. The van der Waals surface area contributed by atoms with E-state index in [1.807, 2.05) is 6.08 Å². The van der Waals surface area contributed by atoms with E-state index in [9.17, 15) is 4.79 Å². The molecule has 0 heterocycles. The summed E-state index contributed by atoms with van der Waals surface area (Å²) in [6, 6.07) is 0. The van der Waals surface area contributed by atoms with E-state index in [4.69, 9.17) is 0 Å². The highest BCUT2D eigenvalue weighted by atomic mass is 16.1. The van der Waals surface area contributed by atoms with Gasteiger partial charge in [-0.05, 0) is 43.6 Å². The molecule has 13 heavy (non-hydrogen) atoms. The minimum Gasteiger partial charge on any atom is -0.295 e. The lowest BCUT2D eigenvalue weighted by Crippen LogP contribution is -2.21. The third-order valence-corrected chi connectivity index (χ3v) is 3.60. The van der Waals surface area contributed by atoms with Crippen molar-refractivity contribution in [1.82, 2.24) is 0 Å². The summed E-state index contributed by atoms with van der Waals surface area (Å²) in [6.45, 7) is 0. The van der Waals surface area contributed by atoms with E-state index in [-0.39, 0.29) is 0 Å². The van der Waals surface area contributed by atoms with Crippen LogP contribution in [0.15, 0.2) is 12.2 Å². The number of allylic oxidation sites excluding steroid dienone is 2. The quantitative estimate of drug-likeness (QED) is 0.556. The SMILES string of the molecule is O=C1/C=C\CCCC2(CCCC2)C1. The fourth-order valence-electron chi connectivity index (χ4n) is 2.88. The predicted octanol–water partition coefficient (Wildman–Crippen LogP) is 3.25. The van der Waals surface area contributed by atoms with Gasteiger partial charge in [0.25, 0.3) is 0 Å². The van der Waals surface area contributed by atoms with E-state index >= 15 is 0 Å². The average Bonchev–Trinajstić information content (AvgIpc) is 2.50. The molecule has 2 rings (SSSR count). The second-order valence-electron chi connectivity index (χ2n) is 4.64. The molecule has 72 valence electrons. The van der Waals surface area contributed by atoms with Gasteiger partial charge in [0.15, 0.2) is 5.78 Å². The fourth-order valence-corrected chi connectivity index (χ4v) is 2.88. The van der Waals surface area contributed by atoms with Gasteiger partial charge in [-0.3, -0.25) is 4.79 Å². The van der Waals surface area contributed by atoms with Crippen LogP contribution in [0.1, 0.15) is 51.4 Å². The Kier molecular flexibility index (Phi) is 2.52. The Bertz CT molecular complexity index is 221. The number of rotatable bonds is 0. The number of hydrogen-bond acceptors (Lipinski definition) is 1. The van der Waals surface area contributed by atoms with Crippen LogP contribution in [0.25, 0.3) is 0 Å². The van der Waals surface area contributed by atoms with Crippen molar-refractivity contribution in [1.29, 1.82) is 0 Å². The first-order valence-corrected chi connectivity index (χ1v) is 5.50. The summed E-state index contributed by atoms with van der Waals surface area (Å²) in [5.41, 5.74) is 0.418. The van der Waals surface area contributed by atoms with Crippen molar-refractivity contribution >= 4 is 5.78 Å². The van der Waals surface area contributed by atoms with Crippen molar-refractivity contribution < 1.29 is 4.79 Å². The highest BCUT2D eigenvalue weighted by molar-refractivity contribution is 5.90. The Morgan fingerprint density at radius 1 is 1.08 bits per heavy atom. The maximum Gasteiger partial charge on any atom is 0.155 e. The van der Waals surface area contributed by atoms with Gasteiger partial charge >= 0.3 is 0 Å². The Morgan fingerprint density at radius 2 is 1.77 bits per heavy atom. The molecule has 2 aliphatic rings. The normalized spacial score (nSPS) is 30.0. The summed E-state index contributed by atoms with van der Waals surface area (Å²) in [6.07, 6.45) is 13.6. The van der Waals surface area contributed by atoms with Crippen LogP contribution in [0.3, 0.4) is 0 Å². The molecule has 1 nitrogen and oxygen atoms in total. The third kappa shape index (κ3) is 2.01. The second kappa shape index (κ2) is 3.65.